The minimum absolute atomic E-state index is 0.119. The summed E-state index contributed by atoms with van der Waals surface area (Å²) in [5.74, 6) is 0.372. The molecule has 4 rings (SSSR count). The van der Waals surface area contributed by atoms with Crippen LogP contribution in [0.4, 0.5) is 19.0 Å². The van der Waals surface area contributed by atoms with E-state index < -0.39 is 11.9 Å². The highest BCUT2D eigenvalue weighted by Crippen LogP contribution is 2.37. The van der Waals surface area contributed by atoms with Crippen molar-refractivity contribution in [1.29, 1.82) is 0 Å². The first-order valence-electron chi connectivity index (χ1n) is 9.82. The molecule has 2 fully saturated rings. The summed E-state index contributed by atoms with van der Waals surface area (Å²) in [6.07, 6.45) is 4.79. The molecule has 0 radical (unpaired) electrons. The normalized spacial score (nSPS) is 18.7. The molecule has 1 aliphatic carbocycles. The molecule has 1 saturated heterocycles. The third-order valence-electron chi connectivity index (χ3n) is 5.56. The zero-order valence-electron chi connectivity index (χ0n) is 15.9. The summed E-state index contributed by atoms with van der Waals surface area (Å²) in [4.78, 5) is 27.5. The Kier molecular flexibility index (Phi) is 5.53. The van der Waals surface area contributed by atoms with Crippen LogP contribution in [0, 0.1) is 0 Å². The lowest BCUT2D eigenvalue weighted by molar-refractivity contribution is -0.141. The van der Waals surface area contributed by atoms with Gasteiger partial charge in [0.1, 0.15) is 17.8 Å². The maximum atomic E-state index is 13.1. The van der Waals surface area contributed by atoms with Crippen LogP contribution >= 0.6 is 0 Å². The monoisotopic (exact) mass is 408 g/mol. The second-order valence-corrected chi connectivity index (χ2v) is 7.58. The first-order valence-corrected chi connectivity index (χ1v) is 9.82. The van der Waals surface area contributed by atoms with Crippen LogP contribution < -0.4 is 10.5 Å². The van der Waals surface area contributed by atoms with Crippen LogP contribution in [0.3, 0.4) is 0 Å². The van der Waals surface area contributed by atoms with Gasteiger partial charge in [-0.05, 0) is 25.7 Å². The first kappa shape index (κ1) is 19.8. The molecule has 0 N–H and O–H groups in total. The Balaban J connectivity index is 1.39. The molecule has 0 bridgehead atoms. The third-order valence-corrected chi connectivity index (χ3v) is 5.56. The predicted molar refractivity (Wildman–Crippen MR) is 100 cm³/mol. The van der Waals surface area contributed by atoms with Crippen LogP contribution in [0.25, 0.3) is 0 Å². The lowest BCUT2D eigenvalue weighted by Crippen LogP contribution is -2.47. The minimum Gasteiger partial charge on any atom is -0.350 e. The zero-order chi connectivity index (χ0) is 20.4. The number of hydrogen-bond donors (Lipinski definition) is 0. The van der Waals surface area contributed by atoms with E-state index in [1.165, 1.54) is 6.20 Å². The fourth-order valence-electron chi connectivity index (χ4n) is 3.90. The molecular formula is C19H23F3N6O. The lowest BCUT2D eigenvalue weighted by atomic mass is 10.0. The Labute approximate surface area is 166 Å². The van der Waals surface area contributed by atoms with Gasteiger partial charge < -0.3 is 14.4 Å². The van der Waals surface area contributed by atoms with Gasteiger partial charge in [-0.15, -0.1) is 0 Å². The van der Waals surface area contributed by atoms with E-state index in [4.69, 9.17) is 0 Å². The average Bonchev–Trinajstić information content (AvgIpc) is 3.53. The van der Waals surface area contributed by atoms with Crippen molar-refractivity contribution in [2.45, 2.75) is 50.5 Å². The second kappa shape index (κ2) is 8.10. The van der Waals surface area contributed by atoms with Crippen molar-refractivity contribution < 1.29 is 13.2 Å². The van der Waals surface area contributed by atoms with Crippen LogP contribution in [-0.4, -0.2) is 56.1 Å². The molecule has 0 atom stereocenters. The molecule has 0 spiro atoms. The maximum absolute atomic E-state index is 13.1. The molecule has 1 aliphatic heterocycles. The lowest BCUT2D eigenvalue weighted by Gasteiger charge is -2.39. The van der Waals surface area contributed by atoms with Gasteiger partial charge in [0, 0.05) is 56.7 Å². The van der Waals surface area contributed by atoms with E-state index in [1.807, 2.05) is 0 Å². The molecule has 0 amide bonds. The highest BCUT2D eigenvalue weighted by molar-refractivity contribution is 5.44. The van der Waals surface area contributed by atoms with Gasteiger partial charge in [-0.1, -0.05) is 0 Å². The maximum Gasteiger partial charge on any atom is 0.433 e. The molecule has 1 saturated carbocycles. The number of likely N-dealkylation sites (tertiary alicyclic amines) is 1. The summed E-state index contributed by atoms with van der Waals surface area (Å²) in [5, 5.41) is 0. The van der Waals surface area contributed by atoms with E-state index in [1.54, 1.807) is 17.0 Å². The quantitative estimate of drug-likeness (QED) is 0.730. The summed E-state index contributed by atoms with van der Waals surface area (Å²) < 4.78 is 40.8. The Hall–Kier alpha value is -2.49. The van der Waals surface area contributed by atoms with Gasteiger partial charge in [-0.2, -0.15) is 13.2 Å². The Morgan fingerprint density at radius 1 is 1.07 bits per heavy atom. The van der Waals surface area contributed by atoms with E-state index in [0.29, 0.717) is 12.4 Å². The summed E-state index contributed by atoms with van der Waals surface area (Å²) >= 11 is 0. The van der Waals surface area contributed by atoms with E-state index in [0.717, 1.165) is 57.7 Å². The second-order valence-electron chi connectivity index (χ2n) is 7.58. The van der Waals surface area contributed by atoms with Gasteiger partial charge in [0.2, 0.25) is 0 Å². The van der Waals surface area contributed by atoms with Gasteiger partial charge in [0.15, 0.2) is 0 Å². The SMILES string of the molecule is O=c1cnccn1CCN1CCC(N(c2cc(C(F)(F)F)ncn2)C2CC2)CC1. The molecule has 3 heterocycles. The average molecular weight is 408 g/mol. The van der Waals surface area contributed by atoms with E-state index in [9.17, 15) is 18.0 Å². The van der Waals surface area contributed by atoms with Crippen molar-refractivity contribution >= 4 is 5.82 Å². The fourth-order valence-corrected chi connectivity index (χ4v) is 3.90. The van der Waals surface area contributed by atoms with Gasteiger partial charge in [-0.25, -0.2) is 9.97 Å². The van der Waals surface area contributed by atoms with Gasteiger partial charge in [0.05, 0.1) is 6.20 Å². The molecule has 2 aliphatic rings. The van der Waals surface area contributed by atoms with Crippen LogP contribution in [0.1, 0.15) is 31.4 Å². The molecule has 29 heavy (non-hydrogen) atoms. The number of rotatable bonds is 6. The number of anilines is 1. The Morgan fingerprint density at radius 2 is 1.79 bits per heavy atom. The third kappa shape index (κ3) is 4.75. The van der Waals surface area contributed by atoms with Crippen molar-refractivity contribution in [3.8, 4) is 0 Å². The van der Waals surface area contributed by atoms with Crippen LogP contribution in [0.15, 0.2) is 35.8 Å². The molecule has 2 aromatic rings. The topological polar surface area (TPSA) is 67.2 Å². The van der Waals surface area contributed by atoms with Crippen LogP contribution in [-0.2, 0) is 12.7 Å². The summed E-state index contributed by atoms with van der Waals surface area (Å²) in [5.41, 5.74) is -1.01. The van der Waals surface area contributed by atoms with Crippen molar-refractivity contribution in [1.82, 2.24) is 24.4 Å². The first-order chi connectivity index (χ1) is 13.9. The van der Waals surface area contributed by atoms with Gasteiger partial charge in [-0.3, -0.25) is 9.78 Å². The smallest absolute Gasteiger partial charge is 0.350 e. The molecule has 0 unspecified atom stereocenters. The Bertz CT molecular complexity index is 890. The fraction of sp³-hybridized carbons (Fsp3) is 0.579. The van der Waals surface area contributed by atoms with Crippen molar-refractivity contribution in [3.63, 3.8) is 0 Å². The summed E-state index contributed by atoms with van der Waals surface area (Å²) in [6, 6.07) is 1.50. The number of hydrogen-bond acceptors (Lipinski definition) is 6. The van der Waals surface area contributed by atoms with E-state index in [-0.39, 0.29) is 17.6 Å². The van der Waals surface area contributed by atoms with Crippen molar-refractivity contribution in [2.75, 3.05) is 24.5 Å². The number of piperidine rings is 1. The molecule has 7 nitrogen and oxygen atoms in total. The molecule has 2 aromatic heterocycles. The Morgan fingerprint density at radius 3 is 2.45 bits per heavy atom. The number of aromatic nitrogens is 4. The van der Waals surface area contributed by atoms with E-state index >= 15 is 0 Å². The minimum atomic E-state index is -4.47. The summed E-state index contributed by atoms with van der Waals surface area (Å²) in [6.45, 7) is 3.03. The largest absolute Gasteiger partial charge is 0.433 e. The highest BCUT2D eigenvalue weighted by Gasteiger charge is 2.38. The number of alkyl halides is 3. The molecular weight excluding hydrogens is 385 g/mol. The molecule has 0 aromatic carbocycles. The van der Waals surface area contributed by atoms with E-state index in [2.05, 4.69) is 24.8 Å². The van der Waals surface area contributed by atoms with Gasteiger partial charge in [0.25, 0.3) is 5.56 Å². The van der Waals surface area contributed by atoms with Crippen molar-refractivity contribution in [2.24, 2.45) is 0 Å². The standard InChI is InChI=1S/C19H23F3N6O/c20-19(21,22)16-11-17(25-13-24-16)28(14-1-2-14)15-3-6-26(7-4-15)9-10-27-8-5-23-12-18(27)29/h5,8,11-15H,1-4,6-7,9-10H2. The van der Waals surface area contributed by atoms with Crippen LogP contribution in [0.5, 0.6) is 0 Å². The summed E-state index contributed by atoms with van der Waals surface area (Å²) in [7, 11) is 0. The zero-order valence-corrected chi connectivity index (χ0v) is 15.9. The number of nitrogens with zero attached hydrogens (tertiary/aromatic N) is 6. The number of halogens is 3. The van der Waals surface area contributed by atoms with Gasteiger partial charge >= 0.3 is 6.18 Å². The molecule has 156 valence electrons. The predicted octanol–water partition coefficient (Wildman–Crippen LogP) is 2.19. The highest BCUT2D eigenvalue weighted by atomic mass is 19.4. The van der Waals surface area contributed by atoms with Crippen molar-refractivity contribution in [3.05, 3.63) is 47.0 Å². The molecule has 10 heteroatoms. The van der Waals surface area contributed by atoms with Crippen LogP contribution in [0.2, 0.25) is 0 Å².